The minimum atomic E-state index is 0.381. The summed E-state index contributed by atoms with van der Waals surface area (Å²) in [4.78, 5) is 1.35. The maximum Gasteiger partial charge on any atom is 0.119 e. The lowest BCUT2D eigenvalue weighted by atomic mass is 10.2. The van der Waals surface area contributed by atoms with Crippen LogP contribution in [0, 0.1) is 0 Å². The third-order valence-electron chi connectivity index (χ3n) is 2.82. The van der Waals surface area contributed by atoms with Gasteiger partial charge in [-0.2, -0.15) is 0 Å². The lowest BCUT2D eigenvalue weighted by molar-refractivity contribution is 0.306. The third kappa shape index (κ3) is 4.64. The standard InChI is InChI=1S/C15H18BrNOS/c1-12(15-14(16)8-11-19-15)17-9-5-10-18-13-6-3-2-4-7-13/h2-4,6-8,11-12,17H,5,9-10H2,1H3. The van der Waals surface area contributed by atoms with Crippen LogP contribution in [0.3, 0.4) is 0 Å². The Morgan fingerprint density at radius 1 is 1.26 bits per heavy atom. The largest absolute Gasteiger partial charge is 0.494 e. The van der Waals surface area contributed by atoms with Gasteiger partial charge in [0, 0.05) is 15.4 Å². The highest BCUT2D eigenvalue weighted by Crippen LogP contribution is 2.28. The molecule has 1 atom stereocenters. The fourth-order valence-corrected chi connectivity index (χ4v) is 3.55. The monoisotopic (exact) mass is 339 g/mol. The highest BCUT2D eigenvalue weighted by atomic mass is 79.9. The molecule has 0 fully saturated rings. The zero-order valence-electron chi connectivity index (χ0n) is 10.9. The Kier molecular flexibility index (Phi) is 5.89. The summed E-state index contributed by atoms with van der Waals surface area (Å²) in [6, 6.07) is 12.4. The predicted octanol–water partition coefficient (Wildman–Crippen LogP) is 4.63. The second-order valence-corrected chi connectivity index (χ2v) is 6.13. The van der Waals surface area contributed by atoms with Crippen LogP contribution in [0.25, 0.3) is 0 Å². The minimum Gasteiger partial charge on any atom is -0.494 e. The van der Waals surface area contributed by atoms with Gasteiger partial charge in [0.1, 0.15) is 5.75 Å². The van der Waals surface area contributed by atoms with Gasteiger partial charge in [-0.05, 0) is 59.4 Å². The number of nitrogens with one attached hydrogen (secondary N) is 1. The van der Waals surface area contributed by atoms with Gasteiger partial charge < -0.3 is 10.1 Å². The fraction of sp³-hybridized carbons (Fsp3) is 0.333. The highest BCUT2D eigenvalue weighted by Gasteiger charge is 2.09. The lowest BCUT2D eigenvalue weighted by Gasteiger charge is -2.13. The molecule has 19 heavy (non-hydrogen) atoms. The second-order valence-electron chi connectivity index (χ2n) is 4.32. The molecule has 2 aromatic rings. The minimum absolute atomic E-state index is 0.381. The third-order valence-corrected chi connectivity index (χ3v) is 4.88. The Hall–Kier alpha value is -0.840. The topological polar surface area (TPSA) is 21.3 Å². The van der Waals surface area contributed by atoms with Crippen molar-refractivity contribution in [1.82, 2.24) is 5.32 Å². The van der Waals surface area contributed by atoms with E-state index in [0.29, 0.717) is 6.04 Å². The van der Waals surface area contributed by atoms with E-state index in [1.165, 1.54) is 9.35 Å². The van der Waals surface area contributed by atoms with Crippen LogP contribution >= 0.6 is 27.3 Å². The number of benzene rings is 1. The van der Waals surface area contributed by atoms with E-state index in [-0.39, 0.29) is 0 Å². The molecule has 102 valence electrons. The Morgan fingerprint density at radius 2 is 2.05 bits per heavy atom. The number of hydrogen-bond acceptors (Lipinski definition) is 3. The summed E-state index contributed by atoms with van der Waals surface area (Å²) in [5.41, 5.74) is 0. The van der Waals surface area contributed by atoms with E-state index in [1.807, 2.05) is 30.3 Å². The van der Waals surface area contributed by atoms with E-state index in [4.69, 9.17) is 4.74 Å². The average molecular weight is 340 g/mol. The number of thiophene rings is 1. The number of hydrogen-bond donors (Lipinski definition) is 1. The SMILES string of the molecule is CC(NCCCOc1ccccc1)c1sccc1Br. The van der Waals surface area contributed by atoms with Gasteiger partial charge in [0.15, 0.2) is 0 Å². The van der Waals surface area contributed by atoms with Crippen LogP contribution in [0.1, 0.15) is 24.3 Å². The van der Waals surface area contributed by atoms with Crippen molar-refractivity contribution < 1.29 is 4.74 Å². The molecular weight excluding hydrogens is 322 g/mol. The molecule has 0 amide bonds. The van der Waals surface area contributed by atoms with Gasteiger partial charge >= 0.3 is 0 Å². The molecule has 4 heteroatoms. The number of ether oxygens (including phenoxy) is 1. The Balaban J connectivity index is 1.63. The van der Waals surface area contributed by atoms with Gasteiger partial charge in [-0.25, -0.2) is 0 Å². The van der Waals surface area contributed by atoms with Crippen LogP contribution < -0.4 is 10.1 Å². The van der Waals surface area contributed by atoms with Crippen LogP contribution in [-0.4, -0.2) is 13.2 Å². The summed E-state index contributed by atoms with van der Waals surface area (Å²) in [6.45, 7) is 3.89. The van der Waals surface area contributed by atoms with Crippen LogP contribution in [-0.2, 0) is 0 Å². The van der Waals surface area contributed by atoms with Gasteiger partial charge in [0.25, 0.3) is 0 Å². The Morgan fingerprint density at radius 3 is 2.74 bits per heavy atom. The molecular formula is C15H18BrNOS. The second kappa shape index (κ2) is 7.68. The summed E-state index contributed by atoms with van der Waals surface area (Å²) in [6.07, 6.45) is 1.00. The number of halogens is 1. The molecule has 2 rings (SSSR count). The predicted molar refractivity (Wildman–Crippen MR) is 85.0 cm³/mol. The van der Waals surface area contributed by atoms with E-state index in [9.17, 15) is 0 Å². The van der Waals surface area contributed by atoms with Crippen molar-refractivity contribution in [3.8, 4) is 5.75 Å². The highest BCUT2D eigenvalue weighted by molar-refractivity contribution is 9.10. The van der Waals surface area contributed by atoms with Crippen LogP contribution in [0.4, 0.5) is 0 Å². The molecule has 1 N–H and O–H groups in total. The van der Waals surface area contributed by atoms with Gasteiger partial charge in [0.2, 0.25) is 0 Å². The Bertz CT molecular complexity index is 486. The summed E-state index contributed by atoms with van der Waals surface area (Å²) in [5, 5.41) is 5.62. The molecule has 1 aromatic carbocycles. The zero-order chi connectivity index (χ0) is 13.5. The van der Waals surface area contributed by atoms with E-state index in [0.717, 1.165) is 25.3 Å². The number of para-hydroxylation sites is 1. The lowest BCUT2D eigenvalue weighted by Crippen LogP contribution is -2.20. The Labute approximate surface area is 126 Å². The molecule has 0 aliphatic carbocycles. The average Bonchev–Trinajstić information content (AvgIpc) is 2.86. The van der Waals surface area contributed by atoms with Gasteiger partial charge in [-0.15, -0.1) is 11.3 Å². The number of rotatable bonds is 7. The first kappa shape index (κ1) is 14.6. The smallest absolute Gasteiger partial charge is 0.119 e. The molecule has 0 saturated carbocycles. The zero-order valence-corrected chi connectivity index (χ0v) is 13.3. The molecule has 0 radical (unpaired) electrons. The van der Waals surface area contributed by atoms with Gasteiger partial charge in [-0.3, -0.25) is 0 Å². The first-order valence-corrected chi connectivity index (χ1v) is 8.09. The van der Waals surface area contributed by atoms with E-state index in [2.05, 4.69) is 39.6 Å². The van der Waals surface area contributed by atoms with Crippen molar-refractivity contribution in [3.05, 3.63) is 51.1 Å². The molecule has 2 nitrogen and oxygen atoms in total. The van der Waals surface area contributed by atoms with Crippen molar-refractivity contribution in [2.75, 3.05) is 13.2 Å². The molecule has 0 bridgehead atoms. The molecule has 1 heterocycles. The van der Waals surface area contributed by atoms with Crippen molar-refractivity contribution in [2.24, 2.45) is 0 Å². The molecule has 1 aromatic heterocycles. The van der Waals surface area contributed by atoms with Crippen molar-refractivity contribution in [1.29, 1.82) is 0 Å². The molecule has 0 saturated heterocycles. The van der Waals surface area contributed by atoms with Crippen LogP contribution in [0.5, 0.6) is 5.75 Å². The summed E-state index contributed by atoms with van der Waals surface area (Å²) < 4.78 is 6.85. The molecule has 0 aliphatic heterocycles. The maximum atomic E-state index is 5.66. The maximum absolute atomic E-state index is 5.66. The molecule has 0 aliphatic rings. The fourth-order valence-electron chi connectivity index (χ4n) is 1.80. The van der Waals surface area contributed by atoms with Gasteiger partial charge in [-0.1, -0.05) is 18.2 Å². The first-order chi connectivity index (χ1) is 9.27. The van der Waals surface area contributed by atoms with Crippen LogP contribution in [0.15, 0.2) is 46.3 Å². The summed E-state index contributed by atoms with van der Waals surface area (Å²) >= 11 is 5.34. The van der Waals surface area contributed by atoms with Crippen molar-refractivity contribution in [2.45, 2.75) is 19.4 Å². The van der Waals surface area contributed by atoms with Crippen molar-refractivity contribution >= 4 is 27.3 Å². The quantitative estimate of drug-likeness (QED) is 0.742. The first-order valence-electron chi connectivity index (χ1n) is 6.41. The van der Waals surface area contributed by atoms with Crippen molar-refractivity contribution in [3.63, 3.8) is 0 Å². The summed E-state index contributed by atoms with van der Waals surface area (Å²) in [5.74, 6) is 0.941. The molecule has 0 spiro atoms. The van der Waals surface area contributed by atoms with E-state index < -0.39 is 0 Å². The normalized spacial score (nSPS) is 12.3. The van der Waals surface area contributed by atoms with Crippen LogP contribution in [0.2, 0.25) is 0 Å². The van der Waals surface area contributed by atoms with Gasteiger partial charge in [0.05, 0.1) is 6.61 Å². The van der Waals surface area contributed by atoms with E-state index in [1.54, 1.807) is 11.3 Å². The summed E-state index contributed by atoms with van der Waals surface area (Å²) in [7, 11) is 0. The molecule has 1 unspecified atom stereocenters. The van der Waals surface area contributed by atoms with E-state index >= 15 is 0 Å².